The second-order valence-corrected chi connectivity index (χ2v) is 6.40. The summed E-state index contributed by atoms with van der Waals surface area (Å²) in [6.45, 7) is 2.15. The van der Waals surface area contributed by atoms with E-state index in [1.807, 2.05) is 24.4 Å². The molecule has 1 fully saturated rings. The highest BCUT2D eigenvalue weighted by atomic mass is 16.5. The minimum absolute atomic E-state index is 0.102. The average Bonchev–Trinajstić information content (AvgIpc) is 2.55. The van der Waals surface area contributed by atoms with Gasteiger partial charge < -0.3 is 9.84 Å². The average molecular weight is 313 g/mol. The summed E-state index contributed by atoms with van der Waals surface area (Å²) in [6.07, 6.45) is 4.98. The molecule has 0 aliphatic heterocycles. The van der Waals surface area contributed by atoms with Crippen molar-refractivity contribution in [3.05, 3.63) is 42.1 Å². The Morgan fingerprint density at radius 3 is 2.78 bits per heavy atom. The summed E-state index contributed by atoms with van der Waals surface area (Å²) in [4.78, 5) is 16.1. The number of rotatable bonds is 4. The predicted molar refractivity (Wildman–Crippen MR) is 89.2 cm³/mol. The van der Waals surface area contributed by atoms with Crippen molar-refractivity contribution >= 4 is 16.9 Å². The SMILES string of the molecule is CCOC(=O)CC1(O)CCC(c2ccnc3ccccc23)CC1. The number of para-hydroxylation sites is 1. The molecule has 0 spiro atoms. The fourth-order valence-electron chi connectivity index (χ4n) is 3.60. The van der Waals surface area contributed by atoms with Crippen LogP contribution in [0.15, 0.2) is 36.5 Å². The minimum atomic E-state index is -0.911. The van der Waals surface area contributed by atoms with Crippen molar-refractivity contribution in [1.29, 1.82) is 0 Å². The first kappa shape index (κ1) is 15.9. The van der Waals surface area contributed by atoms with E-state index in [-0.39, 0.29) is 12.4 Å². The van der Waals surface area contributed by atoms with Gasteiger partial charge >= 0.3 is 5.97 Å². The first-order chi connectivity index (χ1) is 11.1. The quantitative estimate of drug-likeness (QED) is 0.877. The summed E-state index contributed by atoms with van der Waals surface area (Å²) in [5.41, 5.74) is 1.40. The molecule has 2 aromatic rings. The number of hydrogen-bond acceptors (Lipinski definition) is 4. The van der Waals surface area contributed by atoms with Crippen molar-refractivity contribution in [2.45, 2.75) is 50.5 Å². The van der Waals surface area contributed by atoms with E-state index >= 15 is 0 Å². The lowest BCUT2D eigenvalue weighted by atomic mass is 9.74. The highest BCUT2D eigenvalue weighted by Crippen LogP contribution is 2.41. The summed E-state index contributed by atoms with van der Waals surface area (Å²) in [6, 6.07) is 10.3. The number of aromatic nitrogens is 1. The van der Waals surface area contributed by atoms with Gasteiger partial charge in [0.2, 0.25) is 0 Å². The maximum atomic E-state index is 11.7. The van der Waals surface area contributed by atoms with Crippen LogP contribution in [0.1, 0.15) is 50.5 Å². The van der Waals surface area contributed by atoms with Crippen LogP contribution in [0, 0.1) is 0 Å². The zero-order chi connectivity index (χ0) is 16.3. The van der Waals surface area contributed by atoms with Gasteiger partial charge in [-0.2, -0.15) is 0 Å². The number of carbonyl (C=O) groups excluding carboxylic acids is 1. The predicted octanol–water partition coefficient (Wildman–Crippen LogP) is 3.58. The molecule has 4 heteroatoms. The Morgan fingerprint density at radius 2 is 2.04 bits per heavy atom. The van der Waals surface area contributed by atoms with E-state index in [0.717, 1.165) is 18.4 Å². The topological polar surface area (TPSA) is 59.4 Å². The maximum Gasteiger partial charge on any atom is 0.308 e. The molecule has 23 heavy (non-hydrogen) atoms. The molecule has 1 heterocycles. The summed E-state index contributed by atoms with van der Waals surface area (Å²) in [7, 11) is 0. The molecule has 0 bridgehead atoms. The molecule has 0 unspecified atom stereocenters. The number of hydrogen-bond donors (Lipinski definition) is 1. The van der Waals surface area contributed by atoms with E-state index in [1.165, 1.54) is 10.9 Å². The lowest BCUT2D eigenvalue weighted by Gasteiger charge is -2.35. The normalized spacial score (nSPS) is 24.5. The smallest absolute Gasteiger partial charge is 0.308 e. The van der Waals surface area contributed by atoms with Gasteiger partial charge in [0.05, 0.1) is 24.1 Å². The summed E-state index contributed by atoms with van der Waals surface area (Å²) in [5.74, 6) is 0.105. The number of aliphatic hydroxyl groups is 1. The van der Waals surface area contributed by atoms with E-state index in [4.69, 9.17) is 4.74 Å². The molecular formula is C19H23NO3. The molecule has 1 saturated carbocycles. The fraction of sp³-hybridized carbons (Fsp3) is 0.474. The van der Waals surface area contributed by atoms with Crippen LogP contribution < -0.4 is 0 Å². The zero-order valence-corrected chi connectivity index (χ0v) is 13.5. The number of esters is 1. The Balaban J connectivity index is 1.72. The molecule has 3 rings (SSSR count). The third-order valence-corrected chi connectivity index (χ3v) is 4.82. The van der Waals surface area contributed by atoms with Crippen molar-refractivity contribution in [2.24, 2.45) is 0 Å². The molecule has 0 saturated heterocycles. The Hall–Kier alpha value is -1.94. The number of ether oxygens (including phenoxy) is 1. The molecule has 0 radical (unpaired) electrons. The fourth-order valence-corrected chi connectivity index (χ4v) is 3.60. The van der Waals surface area contributed by atoms with Crippen LogP contribution in [0.25, 0.3) is 10.9 Å². The third-order valence-electron chi connectivity index (χ3n) is 4.82. The van der Waals surface area contributed by atoms with Gasteiger partial charge in [-0.05, 0) is 56.2 Å². The molecule has 1 aromatic heterocycles. The van der Waals surface area contributed by atoms with Crippen molar-refractivity contribution in [2.75, 3.05) is 6.61 Å². The number of fused-ring (bicyclic) bond motifs is 1. The van der Waals surface area contributed by atoms with Gasteiger partial charge in [-0.1, -0.05) is 18.2 Å². The monoisotopic (exact) mass is 313 g/mol. The molecular weight excluding hydrogens is 290 g/mol. The van der Waals surface area contributed by atoms with Crippen molar-refractivity contribution < 1.29 is 14.6 Å². The summed E-state index contributed by atoms with van der Waals surface area (Å²) < 4.78 is 4.97. The molecule has 1 aliphatic carbocycles. The van der Waals surface area contributed by atoms with Gasteiger partial charge in [-0.3, -0.25) is 9.78 Å². The van der Waals surface area contributed by atoms with Gasteiger partial charge in [-0.25, -0.2) is 0 Å². The Kier molecular flexibility index (Phi) is 4.62. The van der Waals surface area contributed by atoms with Crippen LogP contribution in [0.4, 0.5) is 0 Å². The van der Waals surface area contributed by atoms with Crippen LogP contribution in [0.3, 0.4) is 0 Å². The van der Waals surface area contributed by atoms with E-state index < -0.39 is 5.60 Å². The standard InChI is InChI=1S/C19H23NO3/c1-2-23-18(21)13-19(22)10-7-14(8-11-19)15-9-12-20-17-6-4-3-5-16(15)17/h3-6,9,12,14,22H,2,7-8,10-11,13H2,1H3. The van der Waals surface area contributed by atoms with Crippen LogP contribution >= 0.6 is 0 Å². The lowest BCUT2D eigenvalue weighted by Crippen LogP contribution is -2.36. The van der Waals surface area contributed by atoms with E-state index in [2.05, 4.69) is 17.1 Å². The minimum Gasteiger partial charge on any atom is -0.466 e. The highest BCUT2D eigenvalue weighted by Gasteiger charge is 2.36. The van der Waals surface area contributed by atoms with E-state index in [9.17, 15) is 9.90 Å². The van der Waals surface area contributed by atoms with Crippen molar-refractivity contribution in [1.82, 2.24) is 4.98 Å². The van der Waals surface area contributed by atoms with Gasteiger partial charge in [0.1, 0.15) is 0 Å². The third kappa shape index (κ3) is 3.53. The maximum absolute atomic E-state index is 11.7. The van der Waals surface area contributed by atoms with Gasteiger partial charge in [0, 0.05) is 11.6 Å². The van der Waals surface area contributed by atoms with Gasteiger partial charge in [-0.15, -0.1) is 0 Å². The lowest BCUT2D eigenvalue weighted by molar-refractivity contribution is -0.150. The van der Waals surface area contributed by atoms with Crippen LogP contribution in [-0.2, 0) is 9.53 Å². The largest absolute Gasteiger partial charge is 0.466 e. The highest BCUT2D eigenvalue weighted by molar-refractivity contribution is 5.82. The van der Waals surface area contributed by atoms with Gasteiger partial charge in [0.15, 0.2) is 0 Å². The molecule has 1 N–H and O–H groups in total. The number of nitrogens with zero attached hydrogens (tertiary/aromatic N) is 1. The van der Waals surface area contributed by atoms with Crippen molar-refractivity contribution in [3.63, 3.8) is 0 Å². The van der Waals surface area contributed by atoms with Crippen LogP contribution in [0.5, 0.6) is 0 Å². The van der Waals surface area contributed by atoms with Crippen LogP contribution in [-0.4, -0.2) is 28.3 Å². The molecule has 0 atom stereocenters. The Morgan fingerprint density at radius 1 is 1.30 bits per heavy atom. The van der Waals surface area contributed by atoms with Crippen LogP contribution in [0.2, 0.25) is 0 Å². The van der Waals surface area contributed by atoms with Crippen molar-refractivity contribution in [3.8, 4) is 0 Å². The Labute approximate surface area is 136 Å². The van der Waals surface area contributed by atoms with E-state index in [1.54, 1.807) is 6.92 Å². The molecule has 4 nitrogen and oxygen atoms in total. The first-order valence-electron chi connectivity index (χ1n) is 8.33. The van der Waals surface area contributed by atoms with Gasteiger partial charge in [0.25, 0.3) is 0 Å². The first-order valence-corrected chi connectivity index (χ1v) is 8.33. The molecule has 0 amide bonds. The second kappa shape index (κ2) is 6.67. The van der Waals surface area contributed by atoms with E-state index in [0.29, 0.717) is 25.4 Å². The number of pyridine rings is 1. The zero-order valence-electron chi connectivity index (χ0n) is 13.5. The summed E-state index contributed by atoms with van der Waals surface area (Å²) in [5, 5.41) is 11.8. The number of benzene rings is 1. The number of carbonyl (C=O) groups is 1. The summed E-state index contributed by atoms with van der Waals surface area (Å²) >= 11 is 0. The second-order valence-electron chi connectivity index (χ2n) is 6.40. The molecule has 1 aliphatic rings. The molecule has 122 valence electrons. The molecule has 1 aromatic carbocycles. The Bertz CT molecular complexity index is 685.